The first kappa shape index (κ1) is 20.9. The number of nitrogens with one attached hydrogen (secondary N) is 1. The number of allylic oxidation sites excluding steroid dienone is 2. The average molecular weight is 433 g/mol. The van der Waals surface area contributed by atoms with E-state index in [0.717, 1.165) is 38.3 Å². The SMILES string of the molecule is CC1=C(CC(=O)Nc2cccnc2)c2cc(F)ccc2/C1=C/c1ccc([S@@](C)=O)cc1. The van der Waals surface area contributed by atoms with E-state index >= 15 is 0 Å². The molecule has 0 spiro atoms. The third kappa shape index (κ3) is 4.54. The van der Waals surface area contributed by atoms with Crippen molar-refractivity contribution in [1.82, 2.24) is 4.98 Å². The lowest BCUT2D eigenvalue weighted by Gasteiger charge is -2.08. The van der Waals surface area contributed by atoms with E-state index < -0.39 is 10.8 Å². The van der Waals surface area contributed by atoms with E-state index in [1.54, 1.807) is 36.8 Å². The van der Waals surface area contributed by atoms with Gasteiger partial charge in [-0.1, -0.05) is 18.2 Å². The molecule has 31 heavy (non-hydrogen) atoms. The number of hydrogen-bond acceptors (Lipinski definition) is 3. The summed E-state index contributed by atoms with van der Waals surface area (Å²) in [6, 6.07) is 15.7. The summed E-state index contributed by atoms with van der Waals surface area (Å²) in [6.07, 6.45) is 7.01. The third-order valence-electron chi connectivity index (χ3n) is 5.26. The lowest BCUT2D eigenvalue weighted by atomic mass is 10.0. The number of aromatic nitrogens is 1. The van der Waals surface area contributed by atoms with E-state index in [4.69, 9.17) is 0 Å². The minimum atomic E-state index is -1.04. The highest BCUT2D eigenvalue weighted by Gasteiger charge is 2.25. The molecular formula is C25H21FN2O2S. The fourth-order valence-corrected chi connectivity index (χ4v) is 4.23. The largest absolute Gasteiger partial charge is 0.324 e. The van der Waals surface area contributed by atoms with Gasteiger partial charge in [0.25, 0.3) is 0 Å². The number of anilines is 1. The number of hydrogen-bond donors (Lipinski definition) is 1. The second-order valence-electron chi connectivity index (χ2n) is 7.34. The fourth-order valence-electron chi connectivity index (χ4n) is 3.71. The maximum Gasteiger partial charge on any atom is 0.228 e. The van der Waals surface area contributed by atoms with E-state index in [1.807, 2.05) is 37.3 Å². The monoisotopic (exact) mass is 432 g/mol. The van der Waals surface area contributed by atoms with Gasteiger partial charge in [-0.3, -0.25) is 14.0 Å². The number of carbonyl (C=O) groups is 1. The van der Waals surface area contributed by atoms with Crippen molar-refractivity contribution >= 4 is 39.6 Å². The molecule has 0 unspecified atom stereocenters. The molecule has 4 nitrogen and oxygen atoms in total. The number of carbonyl (C=O) groups excluding carboxylic acids is 1. The van der Waals surface area contributed by atoms with Gasteiger partial charge in [-0.05, 0) is 82.8 Å². The number of benzene rings is 2. The molecule has 156 valence electrons. The van der Waals surface area contributed by atoms with Gasteiger partial charge < -0.3 is 5.32 Å². The highest BCUT2D eigenvalue weighted by atomic mass is 32.2. The molecule has 1 atom stereocenters. The molecule has 1 N–H and O–H groups in total. The number of rotatable bonds is 5. The van der Waals surface area contributed by atoms with Crippen LogP contribution in [0.15, 0.2) is 77.5 Å². The highest BCUT2D eigenvalue weighted by molar-refractivity contribution is 7.84. The Morgan fingerprint density at radius 3 is 2.58 bits per heavy atom. The van der Waals surface area contributed by atoms with Crippen molar-refractivity contribution < 1.29 is 13.4 Å². The van der Waals surface area contributed by atoms with E-state index in [2.05, 4.69) is 10.3 Å². The molecule has 0 saturated heterocycles. The van der Waals surface area contributed by atoms with Crippen LogP contribution in [0.3, 0.4) is 0 Å². The van der Waals surface area contributed by atoms with Crippen molar-refractivity contribution in [3.63, 3.8) is 0 Å². The Kier molecular flexibility index (Phi) is 5.91. The van der Waals surface area contributed by atoms with Crippen LogP contribution in [-0.4, -0.2) is 21.4 Å². The summed E-state index contributed by atoms with van der Waals surface area (Å²) < 4.78 is 25.7. The maximum atomic E-state index is 14.0. The minimum Gasteiger partial charge on any atom is -0.324 e. The molecule has 1 amide bonds. The number of nitrogens with zero attached hydrogens (tertiary/aromatic N) is 1. The van der Waals surface area contributed by atoms with Gasteiger partial charge in [-0.2, -0.15) is 0 Å². The van der Waals surface area contributed by atoms with Crippen molar-refractivity contribution in [3.8, 4) is 0 Å². The van der Waals surface area contributed by atoms with Crippen LogP contribution in [-0.2, 0) is 15.6 Å². The molecule has 2 aromatic carbocycles. The van der Waals surface area contributed by atoms with Gasteiger partial charge in [-0.15, -0.1) is 0 Å². The Balaban J connectivity index is 1.69. The van der Waals surface area contributed by atoms with Crippen LogP contribution < -0.4 is 5.32 Å². The molecular weight excluding hydrogens is 411 g/mol. The van der Waals surface area contributed by atoms with Crippen molar-refractivity contribution in [2.75, 3.05) is 11.6 Å². The molecule has 0 radical (unpaired) electrons. The molecule has 1 aliphatic carbocycles. The minimum absolute atomic E-state index is 0.127. The number of pyridine rings is 1. The Hall–Kier alpha value is -3.38. The molecule has 1 heterocycles. The second-order valence-corrected chi connectivity index (χ2v) is 8.72. The van der Waals surface area contributed by atoms with Crippen LogP contribution in [0.1, 0.15) is 30.0 Å². The summed E-state index contributed by atoms with van der Waals surface area (Å²) in [6.45, 7) is 1.95. The smallest absolute Gasteiger partial charge is 0.228 e. The molecule has 0 fully saturated rings. The predicted molar refractivity (Wildman–Crippen MR) is 123 cm³/mol. The van der Waals surface area contributed by atoms with E-state index in [-0.39, 0.29) is 18.1 Å². The second kappa shape index (κ2) is 8.78. The summed E-state index contributed by atoms with van der Waals surface area (Å²) in [4.78, 5) is 17.4. The van der Waals surface area contributed by atoms with Crippen LogP contribution >= 0.6 is 0 Å². The maximum absolute atomic E-state index is 14.0. The van der Waals surface area contributed by atoms with Gasteiger partial charge in [0.15, 0.2) is 0 Å². The summed E-state index contributed by atoms with van der Waals surface area (Å²) in [5, 5.41) is 2.84. The van der Waals surface area contributed by atoms with Gasteiger partial charge in [0.05, 0.1) is 18.3 Å². The quantitative estimate of drug-likeness (QED) is 0.594. The van der Waals surface area contributed by atoms with Crippen LogP contribution in [0.4, 0.5) is 10.1 Å². The molecule has 0 aliphatic heterocycles. The zero-order valence-corrected chi connectivity index (χ0v) is 18.0. The fraction of sp³-hybridized carbons (Fsp3) is 0.120. The standard InChI is InChI=1S/C25H21FN2O2S/c1-16-22(12-17-5-8-20(9-6-17)31(2)30)21-10-7-18(26)13-24(21)23(16)14-25(29)28-19-4-3-11-27-15-19/h3-13,15H,14H2,1-2H3,(H,28,29)/b22-12+/t31-/m1/s1. The normalized spacial score (nSPS) is 15.1. The van der Waals surface area contributed by atoms with Gasteiger partial charge >= 0.3 is 0 Å². The first-order valence-corrected chi connectivity index (χ1v) is 11.3. The van der Waals surface area contributed by atoms with Crippen molar-refractivity contribution in [1.29, 1.82) is 0 Å². The van der Waals surface area contributed by atoms with Gasteiger partial charge in [0.1, 0.15) is 5.82 Å². The molecule has 3 aromatic rings. The van der Waals surface area contributed by atoms with Crippen molar-refractivity contribution in [3.05, 3.63) is 95.1 Å². The number of fused-ring (bicyclic) bond motifs is 1. The molecule has 0 saturated carbocycles. The molecule has 1 aliphatic rings. The van der Waals surface area contributed by atoms with Crippen molar-refractivity contribution in [2.45, 2.75) is 18.2 Å². The molecule has 0 bridgehead atoms. The highest BCUT2D eigenvalue weighted by Crippen LogP contribution is 2.44. The average Bonchev–Trinajstić information content (AvgIpc) is 3.00. The number of amides is 1. The Bertz CT molecular complexity index is 1230. The topological polar surface area (TPSA) is 59.1 Å². The third-order valence-corrected chi connectivity index (χ3v) is 6.20. The van der Waals surface area contributed by atoms with Gasteiger partial charge in [-0.25, -0.2) is 4.39 Å². The number of halogens is 1. The predicted octanol–water partition coefficient (Wildman–Crippen LogP) is 5.31. The van der Waals surface area contributed by atoms with E-state index in [9.17, 15) is 13.4 Å². The molecule has 4 rings (SSSR count). The summed E-state index contributed by atoms with van der Waals surface area (Å²) >= 11 is 0. The van der Waals surface area contributed by atoms with Gasteiger partial charge in [0, 0.05) is 28.1 Å². The first-order chi connectivity index (χ1) is 14.9. The van der Waals surface area contributed by atoms with Crippen molar-refractivity contribution in [2.24, 2.45) is 0 Å². The first-order valence-electron chi connectivity index (χ1n) is 9.78. The lowest BCUT2D eigenvalue weighted by Crippen LogP contribution is -2.12. The molecule has 6 heteroatoms. The zero-order chi connectivity index (χ0) is 22.0. The summed E-state index contributed by atoms with van der Waals surface area (Å²) in [7, 11) is -1.04. The van der Waals surface area contributed by atoms with Crippen LogP contribution in [0.5, 0.6) is 0 Å². The molecule has 1 aromatic heterocycles. The van der Waals surface area contributed by atoms with Crippen LogP contribution in [0, 0.1) is 5.82 Å². The van der Waals surface area contributed by atoms with Gasteiger partial charge in [0.2, 0.25) is 5.91 Å². The summed E-state index contributed by atoms with van der Waals surface area (Å²) in [5.41, 5.74) is 5.87. The van der Waals surface area contributed by atoms with Crippen LogP contribution in [0.2, 0.25) is 0 Å². The summed E-state index contributed by atoms with van der Waals surface area (Å²) in [5.74, 6) is -0.527. The Morgan fingerprint density at radius 1 is 1.13 bits per heavy atom. The van der Waals surface area contributed by atoms with Crippen LogP contribution in [0.25, 0.3) is 17.2 Å². The lowest BCUT2D eigenvalue weighted by molar-refractivity contribution is -0.115. The van der Waals surface area contributed by atoms with E-state index in [1.165, 1.54) is 12.1 Å². The zero-order valence-electron chi connectivity index (χ0n) is 17.2. The van der Waals surface area contributed by atoms with E-state index in [0.29, 0.717) is 5.69 Å². The Morgan fingerprint density at radius 2 is 1.90 bits per heavy atom. The Labute approximate surface area is 183 Å².